The smallest absolute Gasteiger partial charge is 0.338 e. The molecule has 0 aromatic rings. The first kappa shape index (κ1) is 118. The Morgan fingerprint density at radius 2 is 1.14 bits per heavy atom. The number of hydrogen-bond acceptors (Lipinski definition) is 18. The van der Waals surface area contributed by atoms with E-state index in [0.29, 0.717) is 23.9 Å². The van der Waals surface area contributed by atoms with Crippen molar-refractivity contribution in [3.8, 4) is 12.3 Å². The molecule has 5 fully saturated rings. The first-order valence-electron chi connectivity index (χ1n) is 27.6. The molecule has 23 heteroatoms. The van der Waals surface area contributed by atoms with Gasteiger partial charge in [-0.05, 0) is 150 Å². The summed E-state index contributed by atoms with van der Waals surface area (Å²) in [6.45, 7) is 58.6. The lowest BCUT2D eigenvalue weighted by Crippen LogP contribution is -2.24. The maximum Gasteiger partial charge on any atom is 0.338 e. The molecule has 16 nitrogen and oxygen atoms in total. The van der Waals surface area contributed by atoms with Crippen LogP contribution in [0.3, 0.4) is 0 Å². The fourth-order valence-electron chi connectivity index (χ4n) is 2.84. The van der Waals surface area contributed by atoms with Gasteiger partial charge in [0.05, 0.1) is 63.8 Å². The Morgan fingerprint density at radius 1 is 0.839 bits per heavy atom. The van der Waals surface area contributed by atoms with Gasteiger partial charge in [0, 0.05) is 78.3 Å². The number of hydrogen-bond donors (Lipinski definition) is 3. The monoisotopic (exact) mass is 1370 g/mol. The largest absolute Gasteiger partial charge is 0.505 e. The quantitative estimate of drug-likeness (QED) is 0.0187. The number of aliphatic imine (C=N–C) groups is 2. The number of halogens is 3. The summed E-state index contributed by atoms with van der Waals surface area (Å²) < 4.78 is 33.3. The molecule has 87 heavy (non-hydrogen) atoms. The molecule has 5 saturated heterocycles. The molecule has 6 heterocycles. The van der Waals surface area contributed by atoms with Crippen LogP contribution < -0.4 is 5.73 Å². The number of isothiocyanates is 1. The van der Waals surface area contributed by atoms with Gasteiger partial charge in [-0.2, -0.15) is 12.6 Å². The van der Waals surface area contributed by atoms with Crippen LogP contribution in [0.2, 0.25) is 6.55 Å². The van der Waals surface area contributed by atoms with E-state index < -0.39 is 6.00 Å². The van der Waals surface area contributed by atoms with Crippen LogP contribution in [0.1, 0.15) is 129 Å². The molecular formula is C64H125Cl3N4O12S3Si. The van der Waals surface area contributed by atoms with Gasteiger partial charge in [0.25, 0.3) is 11.8 Å². The van der Waals surface area contributed by atoms with Gasteiger partial charge in [-0.1, -0.05) is 70.7 Å². The van der Waals surface area contributed by atoms with Crippen LogP contribution in [0.4, 0.5) is 0 Å². The zero-order valence-electron chi connectivity index (χ0n) is 58.3. The minimum Gasteiger partial charge on any atom is -0.505 e. The van der Waals surface area contributed by atoms with Crippen molar-refractivity contribution in [2.24, 2.45) is 27.6 Å². The molecule has 0 bridgehead atoms. The number of amides is 2. The molecule has 0 aromatic heterocycles. The van der Waals surface area contributed by atoms with Crippen LogP contribution >= 0.6 is 69.8 Å². The Labute approximate surface area is 563 Å². The number of terminal acetylenes is 1. The van der Waals surface area contributed by atoms with Crippen LogP contribution in [0.5, 0.6) is 0 Å². The average Bonchev–Trinajstić information content (AvgIpc) is 3.76. The fraction of sp³-hybridized carbons (Fsp3) is 0.641. The summed E-state index contributed by atoms with van der Waals surface area (Å²) in [6.07, 6.45) is 26.0. The molecule has 4 unspecified atom stereocenters. The molecule has 516 valence electrons. The Balaban J connectivity index is -0.0000000543. The number of epoxide rings is 1. The number of methoxy groups -OCH3 is 2. The number of thiol groups is 1. The highest BCUT2D eigenvalue weighted by Gasteiger charge is 2.17. The van der Waals surface area contributed by atoms with Crippen molar-refractivity contribution in [1.82, 2.24) is 4.90 Å². The van der Waals surface area contributed by atoms with Crippen molar-refractivity contribution < 1.29 is 57.4 Å². The highest BCUT2D eigenvalue weighted by Crippen LogP contribution is 2.17. The van der Waals surface area contributed by atoms with Crippen LogP contribution in [0, 0.1) is 24.2 Å². The molecule has 0 saturated carbocycles. The zero-order valence-corrected chi connectivity index (χ0v) is 64.1. The Kier molecular flexibility index (Phi) is 149. The van der Waals surface area contributed by atoms with Crippen molar-refractivity contribution in [1.29, 1.82) is 0 Å². The van der Waals surface area contributed by atoms with Crippen molar-refractivity contribution in [3.63, 3.8) is 0 Å². The topological polar surface area (TPSA) is 210 Å². The van der Waals surface area contributed by atoms with Gasteiger partial charge in [-0.25, -0.2) is 19.6 Å². The number of aliphatic hydroxyl groups is 1. The molecular weight excluding hydrogens is 1250 g/mol. The third-order valence-corrected chi connectivity index (χ3v) is 8.03. The number of thiocarbonyl (C=S) groups is 1. The molecule has 0 aliphatic carbocycles. The summed E-state index contributed by atoms with van der Waals surface area (Å²) in [5.41, 5.74) is 7.35. The maximum absolute atomic E-state index is 10.4. The third kappa shape index (κ3) is 202. The molecule has 0 aromatic carbocycles. The van der Waals surface area contributed by atoms with E-state index in [9.17, 15) is 14.4 Å². The number of nitrogens with zero attached hydrogens (tertiary/aromatic N) is 3. The highest BCUT2D eigenvalue weighted by molar-refractivity contribution is 8.01. The van der Waals surface area contributed by atoms with E-state index in [4.69, 9.17) is 66.8 Å². The number of likely N-dealkylation sites (N-methyl/N-ethyl adjacent to an activating group) is 1. The van der Waals surface area contributed by atoms with Crippen molar-refractivity contribution >= 4 is 105 Å². The van der Waals surface area contributed by atoms with Gasteiger partial charge < -0.3 is 44.0 Å². The molecule has 4 atom stereocenters. The molecule has 6 aliphatic rings. The molecule has 2 amide bonds. The minimum absolute atomic E-state index is 0.241. The van der Waals surface area contributed by atoms with Gasteiger partial charge in [-0.3, -0.25) is 14.5 Å². The Bertz CT molecular complexity index is 1590. The Hall–Kier alpha value is -3.42. The summed E-state index contributed by atoms with van der Waals surface area (Å²) in [7, 11) is 9.81. The second kappa shape index (κ2) is 110. The van der Waals surface area contributed by atoms with E-state index in [1.165, 1.54) is 89.6 Å². The van der Waals surface area contributed by atoms with Crippen LogP contribution in [0.25, 0.3) is 0 Å². The second-order valence-corrected chi connectivity index (χ2v) is 28.1. The number of aliphatic hydroxyl groups excluding tert-OH is 1. The Morgan fingerprint density at radius 3 is 1.17 bits per heavy atom. The number of thioether (sulfide) groups is 1. The van der Waals surface area contributed by atoms with Gasteiger partial charge in [0.2, 0.25) is 6.08 Å². The van der Waals surface area contributed by atoms with E-state index in [1.807, 2.05) is 40.0 Å². The van der Waals surface area contributed by atoms with Crippen molar-refractivity contribution in [2.75, 3.05) is 108 Å². The number of isocyanates is 1. The first-order chi connectivity index (χ1) is 40.8. The van der Waals surface area contributed by atoms with Crippen LogP contribution in [-0.4, -0.2) is 172 Å². The predicted octanol–water partition coefficient (Wildman–Crippen LogP) is 16.3. The van der Waals surface area contributed by atoms with Crippen molar-refractivity contribution in [2.45, 2.75) is 153 Å². The third-order valence-electron chi connectivity index (χ3n) is 7.52. The minimum atomic E-state index is -2.19. The van der Waals surface area contributed by atoms with Crippen molar-refractivity contribution in [3.05, 3.63) is 98.7 Å². The number of allylic oxidation sites excluding steroid dienone is 4. The second-order valence-electron chi connectivity index (χ2n) is 17.0. The summed E-state index contributed by atoms with van der Waals surface area (Å²) in [4.78, 5) is 47.2. The predicted molar refractivity (Wildman–Crippen MR) is 393 cm³/mol. The number of carbonyl (C=O) groups is 3. The summed E-state index contributed by atoms with van der Waals surface area (Å²) in [5, 5.41) is 10.9. The van der Waals surface area contributed by atoms with Crippen LogP contribution in [0.15, 0.2) is 109 Å². The standard InChI is InChI=1S/C5H5NO2.C5H8O2.2C5H10O.C5H10.2C4H8O.2C4H8.2C3H6O.C3H6S.C3H6.C3H4.C2H3NO.C2H3NS.CH3Cl3Si.CH5N.CH4O.CH4S/c1-6-4(7)2-3-5(6)8;1-4(2)5(6)7-3;1-5-2-3-6-4-5;1-5-3-2-4-6-5;1-4-5(2)3;1-4-2-5-3-4;1-4-2-3-5-4;1-4(2)3;1-3-4-2;1-3-2-4-3;2*1-3-4-2;2*1-3-2;2*1-3-2-4;1-5(2,3)4;3*1-2/h2-3H,1H3;1H2,2-3H3;2*5H,2-4H2,1H3;2,4H2,1,3H3;2*4H,2-3H2,1H3;1H2,2-3H3;3H,1,4H2,2H3;3H,2H2,1H3;2*3H,1H2,2H3;3H,1H2,2H3;1H,2H3;2*1H3;1H3;2H2,1H3;2*2H,1H3. The van der Waals surface area contributed by atoms with Gasteiger partial charge >= 0.3 is 12.0 Å². The summed E-state index contributed by atoms with van der Waals surface area (Å²) in [6, 6.07) is -2.19. The normalized spacial score (nSPS) is 15.6. The average molecular weight is 1370 g/mol. The van der Waals surface area contributed by atoms with E-state index >= 15 is 0 Å². The number of carbonyl (C=O) groups excluding carboxylic acids is 4. The number of esters is 1. The van der Waals surface area contributed by atoms with E-state index in [2.05, 4.69) is 162 Å². The number of imide groups is 1. The van der Waals surface area contributed by atoms with Gasteiger partial charge in [-0.15, -0.1) is 83.7 Å². The molecule has 0 radical (unpaired) electrons. The SMILES string of the molecule is C#CC.C=C(C)C.C=C(C)C(=O)OC.C=C(C)CC.C=CC.C=CCC.C=COC.C=CSC.CC1CCCO1.CC1CCO1.CC1CCOC1.CC1CO1.CC1COC1.CN.CN1C(=O)C=CC1=O.CN=C=O.CN=C=S.CO.CS.C[Si](Cl)(Cl)Cl. The molecule has 6 aliphatic heterocycles. The maximum atomic E-state index is 10.4. The van der Waals surface area contributed by atoms with Crippen LogP contribution in [-0.2, 0) is 52.3 Å². The lowest BCUT2D eigenvalue weighted by molar-refractivity contribution is -0.136. The van der Waals surface area contributed by atoms with Gasteiger partial charge in [0.15, 0.2) is 0 Å². The number of nitrogens with two attached hydrogens (primary N) is 1. The van der Waals surface area contributed by atoms with E-state index in [-0.39, 0.29) is 17.8 Å². The molecule has 3 N–H and O–H groups in total. The number of ether oxygens (including phenoxy) is 7. The number of rotatable bonds is 5. The lowest BCUT2D eigenvalue weighted by atomic mass is 10.2. The summed E-state index contributed by atoms with van der Waals surface area (Å²) >= 11 is 24.9. The molecule has 6 rings (SSSR count). The zero-order chi connectivity index (χ0) is 72.1. The fourth-order valence-corrected chi connectivity index (χ4v) is 2.84. The van der Waals surface area contributed by atoms with Gasteiger partial charge in [0.1, 0.15) is 0 Å². The lowest BCUT2D eigenvalue weighted by Gasteiger charge is -2.20. The van der Waals surface area contributed by atoms with E-state index in [0.717, 1.165) is 82.9 Å². The first-order valence-corrected chi connectivity index (χ1v) is 35.7. The van der Waals surface area contributed by atoms with E-state index in [1.54, 1.807) is 64.1 Å². The molecule has 0 spiro atoms. The summed E-state index contributed by atoms with van der Waals surface area (Å²) in [5.74, 6) is 3.09. The highest BCUT2D eigenvalue weighted by atomic mass is 35.8.